The van der Waals surface area contributed by atoms with Gasteiger partial charge < -0.3 is 10.1 Å². The van der Waals surface area contributed by atoms with Crippen LogP contribution in [0, 0.1) is 0 Å². The molecule has 0 spiro atoms. The Kier molecular flexibility index (Phi) is 5.16. The number of nitrogens with one attached hydrogen (secondary N) is 3. The van der Waals surface area contributed by atoms with Crippen LogP contribution in [0.3, 0.4) is 0 Å². The summed E-state index contributed by atoms with van der Waals surface area (Å²) in [5.41, 5.74) is 0.649. The molecule has 1 aliphatic rings. The van der Waals surface area contributed by atoms with E-state index in [1.165, 1.54) is 11.1 Å². The van der Waals surface area contributed by atoms with E-state index < -0.39 is 18.8 Å². The highest BCUT2D eigenvalue weighted by atomic mass is 19.4. The van der Waals surface area contributed by atoms with Crippen LogP contribution in [-0.4, -0.2) is 64.6 Å². The highest BCUT2D eigenvalue weighted by Crippen LogP contribution is 2.23. The first-order valence-electron chi connectivity index (χ1n) is 8.17. The average molecular weight is 372 g/mol. The standard InChI is InChI=1S/C15H19F3N6O2/c1-2-26-13-10-6-19-12(5-11(10)22-23-13)21-14(25)20-9-3-4-24(7-9)8-15(16,17)18/h5-6,9H,2-4,7-8H2,1H3,(H,22,23)(H2,19,20,21,25). The minimum Gasteiger partial charge on any atom is -0.476 e. The topological polar surface area (TPSA) is 95.2 Å². The zero-order valence-electron chi connectivity index (χ0n) is 14.1. The Morgan fingerprint density at radius 2 is 2.31 bits per heavy atom. The average Bonchev–Trinajstić information content (AvgIpc) is 3.13. The van der Waals surface area contributed by atoms with Gasteiger partial charge in [0.2, 0.25) is 5.88 Å². The SMILES string of the molecule is CCOc1n[nH]c2cc(NC(=O)NC3CCN(CC(F)(F)F)C3)ncc12. The van der Waals surface area contributed by atoms with E-state index in [2.05, 4.69) is 25.8 Å². The van der Waals surface area contributed by atoms with Gasteiger partial charge in [-0.05, 0) is 13.3 Å². The van der Waals surface area contributed by atoms with Crippen LogP contribution in [0.2, 0.25) is 0 Å². The van der Waals surface area contributed by atoms with Crippen molar-refractivity contribution in [2.24, 2.45) is 0 Å². The Morgan fingerprint density at radius 1 is 1.50 bits per heavy atom. The zero-order chi connectivity index (χ0) is 18.7. The van der Waals surface area contributed by atoms with Gasteiger partial charge in [-0.2, -0.15) is 13.2 Å². The maximum absolute atomic E-state index is 12.4. The Balaban J connectivity index is 1.54. The minimum atomic E-state index is -4.24. The predicted molar refractivity (Wildman–Crippen MR) is 88.1 cm³/mol. The summed E-state index contributed by atoms with van der Waals surface area (Å²) >= 11 is 0. The fourth-order valence-corrected chi connectivity index (χ4v) is 2.89. The van der Waals surface area contributed by atoms with E-state index >= 15 is 0 Å². The summed E-state index contributed by atoms with van der Waals surface area (Å²) in [5, 5.41) is 12.7. The molecule has 3 rings (SSSR count). The molecule has 1 aliphatic heterocycles. The van der Waals surface area contributed by atoms with E-state index in [1.807, 2.05) is 6.92 Å². The van der Waals surface area contributed by atoms with Crippen LogP contribution in [-0.2, 0) is 0 Å². The fraction of sp³-hybridized carbons (Fsp3) is 0.533. The monoisotopic (exact) mass is 372 g/mol. The number of fused-ring (bicyclic) bond motifs is 1. The number of pyridine rings is 1. The van der Waals surface area contributed by atoms with Crippen LogP contribution < -0.4 is 15.4 Å². The number of hydrogen-bond donors (Lipinski definition) is 3. The lowest BCUT2D eigenvalue weighted by Crippen LogP contribution is -2.41. The third-order valence-electron chi connectivity index (χ3n) is 3.95. The number of carbonyl (C=O) groups excluding carboxylic acids is 1. The van der Waals surface area contributed by atoms with E-state index in [1.54, 1.807) is 6.07 Å². The molecule has 0 aromatic carbocycles. The Bertz CT molecular complexity index is 778. The largest absolute Gasteiger partial charge is 0.476 e. The van der Waals surface area contributed by atoms with Gasteiger partial charge in [-0.3, -0.25) is 15.3 Å². The van der Waals surface area contributed by atoms with Crippen molar-refractivity contribution < 1.29 is 22.7 Å². The highest BCUT2D eigenvalue weighted by molar-refractivity contribution is 5.92. The second-order valence-corrected chi connectivity index (χ2v) is 6.01. The molecule has 0 aliphatic carbocycles. The van der Waals surface area contributed by atoms with Crippen molar-refractivity contribution in [1.29, 1.82) is 0 Å². The Labute approximate surface area is 147 Å². The number of ether oxygens (including phenoxy) is 1. The summed E-state index contributed by atoms with van der Waals surface area (Å²) < 4.78 is 42.5. The molecular formula is C15H19F3N6O2. The Hall–Kier alpha value is -2.56. The van der Waals surface area contributed by atoms with Crippen molar-refractivity contribution in [2.75, 3.05) is 31.6 Å². The van der Waals surface area contributed by atoms with Gasteiger partial charge in [0.05, 0.1) is 24.1 Å². The smallest absolute Gasteiger partial charge is 0.401 e. The van der Waals surface area contributed by atoms with E-state index in [-0.39, 0.29) is 12.6 Å². The molecule has 1 fully saturated rings. The molecule has 2 amide bonds. The van der Waals surface area contributed by atoms with E-state index in [9.17, 15) is 18.0 Å². The van der Waals surface area contributed by atoms with Gasteiger partial charge in [-0.15, -0.1) is 5.10 Å². The van der Waals surface area contributed by atoms with Crippen molar-refractivity contribution in [1.82, 2.24) is 25.4 Å². The maximum atomic E-state index is 12.4. The Morgan fingerprint density at radius 3 is 3.04 bits per heavy atom. The quantitative estimate of drug-likeness (QED) is 0.747. The van der Waals surface area contributed by atoms with Crippen LogP contribution in [0.5, 0.6) is 5.88 Å². The molecule has 2 aromatic heterocycles. The summed E-state index contributed by atoms with van der Waals surface area (Å²) in [5.74, 6) is 0.730. The maximum Gasteiger partial charge on any atom is 0.401 e. The van der Waals surface area contributed by atoms with Crippen molar-refractivity contribution in [3.05, 3.63) is 12.3 Å². The van der Waals surface area contributed by atoms with Gasteiger partial charge in [-0.1, -0.05) is 0 Å². The first kappa shape index (κ1) is 18.2. The molecule has 3 heterocycles. The molecule has 1 saturated heterocycles. The van der Waals surface area contributed by atoms with Gasteiger partial charge in [0.15, 0.2) is 0 Å². The molecule has 0 bridgehead atoms. The number of anilines is 1. The summed E-state index contributed by atoms with van der Waals surface area (Å²) in [7, 11) is 0. The fourth-order valence-electron chi connectivity index (χ4n) is 2.89. The number of halogens is 3. The van der Waals surface area contributed by atoms with Crippen molar-refractivity contribution in [2.45, 2.75) is 25.6 Å². The minimum absolute atomic E-state index is 0.164. The van der Waals surface area contributed by atoms with Crippen molar-refractivity contribution >= 4 is 22.8 Å². The molecule has 0 saturated carbocycles. The van der Waals surface area contributed by atoms with Crippen LogP contribution in [0.25, 0.3) is 10.9 Å². The second-order valence-electron chi connectivity index (χ2n) is 6.01. The van der Waals surface area contributed by atoms with Crippen LogP contribution in [0.1, 0.15) is 13.3 Å². The lowest BCUT2D eigenvalue weighted by Gasteiger charge is -2.18. The summed E-state index contributed by atoms with van der Waals surface area (Å²) in [6.45, 7) is 1.80. The van der Waals surface area contributed by atoms with Gasteiger partial charge in [-0.25, -0.2) is 9.78 Å². The molecule has 0 radical (unpaired) electrons. The van der Waals surface area contributed by atoms with E-state index in [0.29, 0.717) is 42.2 Å². The summed E-state index contributed by atoms with van der Waals surface area (Å²) in [6, 6.07) is 0.757. The number of carbonyl (C=O) groups is 1. The lowest BCUT2D eigenvalue weighted by atomic mass is 10.3. The molecule has 8 nitrogen and oxygen atoms in total. The molecule has 1 atom stereocenters. The first-order chi connectivity index (χ1) is 12.3. The third-order valence-corrected chi connectivity index (χ3v) is 3.95. The van der Waals surface area contributed by atoms with Crippen LogP contribution in [0.4, 0.5) is 23.8 Å². The molecule has 3 N–H and O–H groups in total. The van der Waals surface area contributed by atoms with Gasteiger partial charge in [0.25, 0.3) is 0 Å². The van der Waals surface area contributed by atoms with Gasteiger partial charge >= 0.3 is 12.2 Å². The molecular weight excluding hydrogens is 353 g/mol. The van der Waals surface area contributed by atoms with Crippen molar-refractivity contribution in [3.63, 3.8) is 0 Å². The molecule has 142 valence electrons. The zero-order valence-corrected chi connectivity index (χ0v) is 14.1. The molecule has 26 heavy (non-hydrogen) atoms. The number of urea groups is 1. The van der Waals surface area contributed by atoms with Gasteiger partial charge in [0.1, 0.15) is 5.82 Å². The number of rotatable bonds is 5. The van der Waals surface area contributed by atoms with Crippen LogP contribution >= 0.6 is 0 Å². The highest BCUT2D eigenvalue weighted by Gasteiger charge is 2.34. The molecule has 2 aromatic rings. The normalized spacial score (nSPS) is 18.2. The summed E-state index contributed by atoms with van der Waals surface area (Å²) in [6.07, 6.45) is -2.24. The first-order valence-corrected chi connectivity index (χ1v) is 8.17. The second kappa shape index (κ2) is 7.36. The van der Waals surface area contributed by atoms with E-state index in [4.69, 9.17) is 4.74 Å². The number of alkyl halides is 3. The number of nitrogens with zero attached hydrogens (tertiary/aromatic N) is 3. The number of likely N-dealkylation sites (tertiary alicyclic amines) is 1. The molecule has 11 heteroatoms. The number of H-pyrrole nitrogens is 1. The van der Waals surface area contributed by atoms with Crippen LogP contribution in [0.15, 0.2) is 12.3 Å². The molecule has 1 unspecified atom stereocenters. The number of amides is 2. The van der Waals surface area contributed by atoms with E-state index in [0.717, 1.165) is 0 Å². The summed E-state index contributed by atoms with van der Waals surface area (Å²) in [4.78, 5) is 17.5. The predicted octanol–water partition coefficient (Wildman–Crippen LogP) is 2.11. The lowest BCUT2D eigenvalue weighted by molar-refractivity contribution is -0.143. The third kappa shape index (κ3) is 4.54. The number of aromatic amines is 1. The number of hydrogen-bond acceptors (Lipinski definition) is 5. The number of aromatic nitrogens is 3. The van der Waals surface area contributed by atoms with Crippen molar-refractivity contribution in [3.8, 4) is 5.88 Å². The van der Waals surface area contributed by atoms with Gasteiger partial charge in [0, 0.05) is 31.4 Å².